The van der Waals surface area contributed by atoms with Gasteiger partial charge in [-0.05, 0) is 24.8 Å². The molecule has 0 aliphatic carbocycles. The van der Waals surface area contributed by atoms with E-state index in [0.29, 0.717) is 6.61 Å². The van der Waals surface area contributed by atoms with Crippen LogP contribution in [-0.2, 0) is 6.42 Å². The molecule has 2 nitrogen and oxygen atoms in total. The summed E-state index contributed by atoms with van der Waals surface area (Å²) < 4.78 is 0. The first-order chi connectivity index (χ1) is 5.43. The van der Waals surface area contributed by atoms with Crippen molar-refractivity contribution in [2.45, 2.75) is 19.3 Å². The van der Waals surface area contributed by atoms with Gasteiger partial charge in [0.05, 0.1) is 0 Å². The van der Waals surface area contributed by atoms with Crippen molar-refractivity contribution in [1.29, 1.82) is 0 Å². The quantitative estimate of drug-likeness (QED) is 0.675. The molecule has 0 aromatic heterocycles. The van der Waals surface area contributed by atoms with Gasteiger partial charge in [-0.1, -0.05) is 30.3 Å². The second-order valence-corrected chi connectivity index (χ2v) is 2.67. The topological polar surface area (TPSA) is 55.2 Å². The average molecular weight is 167 g/mol. The average Bonchev–Trinajstić information content (AvgIpc) is 2.07. The molecule has 68 valence electrons. The fraction of sp³-hybridized carbons (Fsp3) is 0.400. The van der Waals surface area contributed by atoms with Gasteiger partial charge in [-0.3, -0.25) is 0 Å². The van der Waals surface area contributed by atoms with E-state index in [9.17, 15) is 0 Å². The van der Waals surface area contributed by atoms with Gasteiger partial charge >= 0.3 is 0 Å². The first kappa shape index (κ1) is 11.1. The van der Waals surface area contributed by atoms with Gasteiger partial charge in [0.1, 0.15) is 0 Å². The van der Waals surface area contributed by atoms with Crippen molar-refractivity contribution in [3.8, 4) is 0 Å². The lowest BCUT2D eigenvalue weighted by Crippen LogP contribution is -1.87. The SMILES string of the molecule is N.OCCCCc1ccccc1. The van der Waals surface area contributed by atoms with Crippen molar-refractivity contribution in [2.75, 3.05) is 6.61 Å². The van der Waals surface area contributed by atoms with E-state index in [0.717, 1.165) is 19.3 Å². The second kappa shape index (κ2) is 6.83. The predicted octanol–water partition coefficient (Wildman–Crippen LogP) is 2.16. The van der Waals surface area contributed by atoms with Crippen molar-refractivity contribution in [3.05, 3.63) is 35.9 Å². The van der Waals surface area contributed by atoms with Crippen LogP contribution >= 0.6 is 0 Å². The summed E-state index contributed by atoms with van der Waals surface area (Å²) in [6.07, 6.45) is 3.08. The molecule has 0 saturated carbocycles. The van der Waals surface area contributed by atoms with E-state index >= 15 is 0 Å². The minimum absolute atomic E-state index is 0. The van der Waals surface area contributed by atoms with Crippen LogP contribution < -0.4 is 6.15 Å². The second-order valence-electron chi connectivity index (χ2n) is 2.67. The van der Waals surface area contributed by atoms with Crippen LogP contribution in [0.25, 0.3) is 0 Å². The van der Waals surface area contributed by atoms with Gasteiger partial charge < -0.3 is 11.3 Å². The van der Waals surface area contributed by atoms with E-state index in [1.54, 1.807) is 0 Å². The van der Waals surface area contributed by atoms with E-state index < -0.39 is 0 Å². The highest BCUT2D eigenvalue weighted by Gasteiger charge is 1.89. The Morgan fingerprint density at radius 2 is 1.67 bits per heavy atom. The molecule has 0 heterocycles. The standard InChI is InChI=1S/C10H14O.H3N/c11-9-5-4-8-10-6-2-1-3-7-10;/h1-3,6-7,11H,4-5,8-9H2;1H3. The summed E-state index contributed by atoms with van der Waals surface area (Å²) in [6, 6.07) is 10.4. The van der Waals surface area contributed by atoms with E-state index in [1.807, 2.05) is 18.2 Å². The summed E-state index contributed by atoms with van der Waals surface area (Å²) in [5.74, 6) is 0. The summed E-state index contributed by atoms with van der Waals surface area (Å²) in [4.78, 5) is 0. The van der Waals surface area contributed by atoms with Gasteiger partial charge in [0.15, 0.2) is 0 Å². The molecule has 0 bridgehead atoms. The molecule has 1 aromatic carbocycles. The molecule has 0 fully saturated rings. The van der Waals surface area contributed by atoms with Crippen LogP contribution in [0.4, 0.5) is 0 Å². The largest absolute Gasteiger partial charge is 0.396 e. The number of hydrogen-bond donors (Lipinski definition) is 2. The lowest BCUT2D eigenvalue weighted by atomic mass is 10.1. The number of aryl methyl sites for hydroxylation is 1. The fourth-order valence-corrected chi connectivity index (χ4v) is 1.09. The van der Waals surface area contributed by atoms with Crippen LogP contribution in [0, 0.1) is 0 Å². The van der Waals surface area contributed by atoms with Crippen molar-refractivity contribution >= 4 is 0 Å². The highest BCUT2D eigenvalue weighted by atomic mass is 16.2. The maximum atomic E-state index is 8.54. The molecule has 0 unspecified atom stereocenters. The Kier molecular flexibility index (Phi) is 6.34. The van der Waals surface area contributed by atoms with Gasteiger partial charge in [0.25, 0.3) is 0 Å². The Bertz CT molecular complexity index is 186. The molecule has 0 saturated heterocycles. The lowest BCUT2D eigenvalue weighted by Gasteiger charge is -1.97. The van der Waals surface area contributed by atoms with Gasteiger partial charge in [0.2, 0.25) is 0 Å². The van der Waals surface area contributed by atoms with Crippen LogP contribution in [0.5, 0.6) is 0 Å². The highest BCUT2D eigenvalue weighted by Crippen LogP contribution is 2.03. The summed E-state index contributed by atoms with van der Waals surface area (Å²) in [5, 5.41) is 8.54. The van der Waals surface area contributed by atoms with Crippen LogP contribution in [0.1, 0.15) is 18.4 Å². The van der Waals surface area contributed by atoms with Crippen LogP contribution in [0.15, 0.2) is 30.3 Å². The lowest BCUT2D eigenvalue weighted by molar-refractivity contribution is 0.284. The number of aliphatic hydroxyl groups excluding tert-OH is 1. The number of unbranched alkanes of at least 4 members (excludes halogenated alkanes) is 1. The summed E-state index contributed by atoms with van der Waals surface area (Å²) in [5.41, 5.74) is 1.36. The van der Waals surface area contributed by atoms with Crippen molar-refractivity contribution in [3.63, 3.8) is 0 Å². The van der Waals surface area contributed by atoms with E-state index in [-0.39, 0.29) is 6.15 Å². The Hall–Kier alpha value is -0.860. The minimum atomic E-state index is 0. The van der Waals surface area contributed by atoms with Crippen molar-refractivity contribution in [1.82, 2.24) is 6.15 Å². The normalized spacial score (nSPS) is 9.08. The van der Waals surface area contributed by atoms with Crippen molar-refractivity contribution in [2.24, 2.45) is 0 Å². The third-order valence-electron chi connectivity index (χ3n) is 1.72. The maximum absolute atomic E-state index is 8.54. The molecule has 0 aliphatic rings. The molecule has 0 aliphatic heterocycles. The highest BCUT2D eigenvalue weighted by molar-refractivity contribution is 5.14. The van der Waals surface area contributed by atoms with Gasteiger partial charge in [-0.15, -0.1) is 0 Å². The smallest absolute Gasteiger partial charge is 0.0431 e. The maximum Gasteiger partial charge on any atom is 0.0431 e. The third-order valence-corrected chi connectivity index (χ3v) is 1.72. The predicted molar refractivity (Wildman–Crippen MR) is 51.5 cm³/mol. The fourth-order valence-electron chi connectivity index (χ4n) is 1.09. The zero-order valence-corrected chi connectivity index (χ0v) is 7.37. The molecule has 1 rings (SSSR count). The zero-order chi connectivity index (χ0) is 7.94. The molecule has 0 atom stereocenters. The molecule has 2 heteroatoms. The number of hydrogen-bond acceptors (Lipinski definition) is 2. The Morgan fingerprint density at radius 1 is 1.00 bits per heavy atom. The Morgan fingerprint density at radius 3 is 2.25 bits per heavy atom. The first-order valence-corrected chi connectivity index (χ1v) is 4.08. The molecule has 12 heavy (non-hydrogen) atoms. The summed E-state index contributed by atoms with van der Waals surface area (Å²) in [7, 11) is 0. The third kappa shape index (κ3) is 4.11. The molecular formula is C10H17NO. The Balaban J connectivity index is 0.00000121. The number of benzene rings is 1. The van der Waals surface area contributed by atoms with Gasteiger partial charge in [-0.2, -0.15) is 0 Å². The molecular weight excluding hydrogens is 150 g/mol. The van der Waals surface area contributed by atoms with Crippen LogP contribution in [0.3, 0.4) is 0 Å². The van der Waals surface area contributed by atoms with Crippen LogP contribution in [-0.4, -0.2) is 11.7 Å². The molecule has 0 spiro atoms. The number of aliphatic hydroxyl groups is 1. The minimum Gasteiger partial charge on any atom is -0.396 e. The first-order valence-electron chi connectivity index (χ1n) is 4.08. The monoisotopic (exact) mass is 167 g/mol. The molecule has 1 aromatic rings. The molecule has 0 radical (unpaired) electrons. The summed E-state index contributed by atoms with van der Waals surface area (Å²) >= 11 is 0. The number of rotatable bonds is 4. The molecule has 4 N–H and O–H groups in total. The van der Waals surface area contributed by atoms with Gasteiger partial charge in [-0.25, -0.2) is 0 Å². The van der Waals surface area contributed by atoms with Gasteiger partial charge in [0, 0.05) is 6.61 Å². The van der Waals surface area contributed by atoms with E-state index in [2.05, 4.69) is 12.1 Å². The van der Waals surface area contributed by atoms with Crippen LogP contribution in [0.2, 0.25) is 0 Å². The summed E-state index contributed by atoms with van der Waals surface area (Å²) in [6.45, 7) is 0.312. The zero-order valence-electron chi connectivity index (χ0n) is 7.37. The Labute approximate surface area is 73.8 Å². The van der Waals surface area contributed by atoms with Crippen molar-refractivity contribution < 1.29 is 5.11 Å². The van der Waals surface area contributed by atoms with E-state index in [1.165, 1.54) is 5.56 Å². The molecule has 0 amide bonds. The van der Waals surface area contributed by atoms with E-state index in [4.69, 9.17) is 5.11 Å².